The molecule has 1 amide bonds. The first-order valence-electron chi connectivity index (χ1n) is 15.4. The largest absolute Gasteiger partial charge is 0.414 e. The van der Waals surface area contributed by atoms with Crippen molar-refractivity contribution in [2.45, 2.75) is 148 Å². The average Bonchev–Trinajstić information content (AvgIpc) is 3.45. The number of hydrogen-bond donors (Lipinski definition) is 1. The highest BCUT2D eigenvalue weighted by atomic mass is 28.4. The fourth-order valence-corrected chi connectivity index (χ4v) is 6.82. The molecule has 0 spiro atoms. The van der Waals surface area contributed by atoms with E-state index in [2.05, 4.69) is 94.9 Å². The number of ether oxygens (including phenoxy) is 1. The molecule has 3 heterocycles. The minimum Gasteiger partial charge on any atom is -0.414 e. The highest BCUT2D eigenvalue weighted by molar-refractivity contribution is 6.74. The second kappa shape index (κ2) is 13.3. The fourth-order valence-electron chi connectivity index (χ4n) is 4.46. The molecule has 0 saturated carbocycles. The standard InChI is InChI=1S/C30H55N5O4Si2/c1-12-13-14-15-16-17-24(36)34-26-25-27(32-20-31-26)35(21-33-25)28-23(39-41(10,11)30(5,6)7)18-22(38-28)19-37-40(8,9)29(2,3)4/h20-23,28H,12-19H2,1-11H3,(H,31,32,34,36)/t22-,23?,28+/m0/s1. The Morgan fingerprint density at radius 2 is 1.66 bits per heavy atom. The predicted molar refractivity (Wildman–Crippen MR) is 171 cm³/mol. The SMILES string of the molecule is CCCCCCCC(=O)Nc1ncnc2c1ncn2[C@@H]1O[C@H](CO[Si](C)(C)C(C)(C)C)CC1O[Si](C)(C)C(C)(C)C. The van der Waals surface area contributed by atoms with Gasteiger partial charge in [0.05, 0.1) is 25.1 Å². The average molecular weight is 606 g/mol. The Bertz CT molecular complexity index is 1160. The number of carbonyl (C=O) groups excluding carboxylic acids is 1. The lowest BCUT2D eigenvalue weighted by Gasteiger charge is -2.39. The van der Waals surface area contributed by atoms with Gasteiger partial charge in [0.15, 0.2) is 39.8 Å². The Morgan fingerprint density at radius 1 is 1.00 bits per heavy atom. The van der Waals surface area contributed by atoms with E-state index in [9.17, 15) is 4.79 Å². The summed E-state index contributed by atoms with van der Waals surface area (Å²) >= 11 is 0. The van der Waals surface area contributed by atoms with Crippen molar-refractivity contribution in [1.29, 1.82) is 0 Å². The van der Waals surface area contributed by atoms with E-state index in [-0.39, 0.29) is 28.2 Å². The number of fused-ring (bicyclic) bond motifs is 1. The van der Waals surface area contributed by atoms with Gasteiger partial charge in [-0.3, -0.25) is 9.36 Å². The van der Waals surface area contributed by atoms with Gasteiger partial charge in [0.2, 0.25) is 5.91 Å². The monoisotopic (exact) mass is 605 g/mol. The fraction of sp³-hybridized carbons (Fsp3) is 0.800. The summed E-state index contributed by atoms with van der Waals surface area (Å²) in [6.45, 7) is 25.3. The molecular weight excluding hydrogens is 551 g/mol. The van der Waals surface area contributed by atoms with Crippen molar-refractivity contribution in [3.05, 3.63) is 12.7 Å². The van der Waals surface area contributed by atoms with Gasteiger partial charge in [-0.25, -0.2) is 15.0 Å². The van der Waals surface area contributed by atoms with Crippen molar-refractivity contribution in [2.75, 3.05) is 11.9 Å². The number of nitrogens with zero attached hydrogens (tertiary/aromatic N) is 4. The van der Waals surface area contributed by atoms with Crippen LogP contribution in [0.25, 0.3) is 11.2 Å². The van der Waals surface area contributed by atoms with Crippen LogP contribution in [0.15, 0.2) is 12.7 Å². The number of unbranched alkanes of at least 4 members (excludes halogenated alkanes) is 4. The molecule has 0 aromatic carbocycles. The molecule has 1 fully saturated rings. The Labute approximate surface area is 249 Å². The molecule has 1 N–H and O–H groups in total. The van der Waals surface area contributed by atoms with Crippen LogP contribution in [0.5, 0.6) is 0 Å². The lowest BCUT2D eigenvalue weighted by molar-refractivity contribution is -0.116. The van der Waals surface area contributed by atoms with Crippen LogP contribution in [-0.4, -0.2) is 60.9 Å². The smallest absolute Gasteiger partial charge is 0.225 e. The summed E-state index contributed by atoms with van der Waals surface area (Å²) in [6.07, 6.45) is 9.23. The minimum absolute atomic E-state index is 0.0462. The van der Waals surface area contributed by atoms with Crippen LogP contribution in [0.2, 0.25) is 36.3 Å². The molecule has 3 atom stereocenters. The van der Waals surface area contributed by atoms with Crippen molar-refractivity contribution in [3.8, 4) is 0 Å². The molecule has 11 heteroatoms. The van der Waals surface area contributed by atoms with E-state index >= 15 is 0 Å². The summed E-state index contributed by atoms with van der Waals surface area (Å²) in [6, 6.07) is 0. The van der Waals surface area contributed by atoms with Gasteiger partial charge >= 0.3 is 0 Å². The normalized spacial score (nSPS) is 20.6. The molecule has 0 radical (unpaired) electrons. The predicted octanol–water partition coefficient (Wildman–Crippen LogP) is 7.83. The Kier molecular flexibility index (Phi) is 11.0. The molecule has 41 heavy (non-hydrogen) atoms. The summed E-state index contributed by atoms with van der Waals surface area (Å²) in [4.78, 5) is 26.2. The van der Waals surface area contributed by atoms with Crippen LogP contribution in [0, 0.1) is 0 Å². The first kappa shape index (κ1) is 33.8. The number of carbonyl (C=O) groups is 1. The van der Waals surface area contributed by atoms with Gasteiger partial charge in [0.1, 0.15) is 6.33 Å². The molecule has 0 bridgehead atoms. The minimum atomic E-state index is -2.10. The highest BCUT2D eigenvalue weighted by Crippen LogP contribution is 2.43. The molecule has 1 saturated heterocycles. The van der Waals surface area contributed by atoms with E-state index in [1.807, 2.05) is 4.57 Å². The first-order chi connectivity index (χ1) is 19.0. The van der Waals surface area contributed by atoms with Crippen LogP contribution >= 0.6 is 0 Å². The van der Waals surface area contributed by atoms with Gasteiger partial charge in [-0.15, -0.1) is 0 Å². The maximum absolute atomic E-state index is 12.7. The summed E-state index contributed by atoms with van der Waals surface area (Å²) in [7, 11) is -4.04. The third kappa shape index (κ3) is 8.46. The lowest BCUT2D eigenvalue weighted by Crippen LogP contribution is -2.45. The van der Waals surface area contributed by atoms with E-state index in [1.165, 1.54) is 19.2 Å². The topological polar surface area (TPSA) is 100 Å². The van der Waals surface area contributed by atoms with E-state index in [4.69, 9.17) is 13.6 Å². The van der Waals surface area contributed by atoms with Crippen molar-refractivity contribution in [2.24, 2.45) is 0 Å². The Morgan fingerprint density at radius 3 is 2.29 bits per heavy atom. The molecule has 3 rings (SSSR count). The summed E-state index contributed by atoms with van der Waals surface area (Å²) in [5, 5.41) is 3.14. The van der Waals surface area contributed by atoms with Crippen LogP contribution < -0.4 is 5.32 Å². The van der Waals surface area contributed by atoms with E-state index < -0.39 is 22.9 Å². The molecule has 232 valence electrons. The second-order valence-corrected chi connectivity index (χ2v) is 24.2. The van der Waals surface area contributed by atoms with Gasteiger partial charge in [-0.1, -0.05) is 74.1 Å². The Hall–Kier alpha value is -1.67. The number of amides is 1. The number of anilines is 1. The zero-order chi connectivity index (χ0) is 30.6. The third-order valence-electron chi connectivity index (χ3n) is 9.23. The van der Waals surface area contributed by atoms with E-state index in [0.717, 1.165) is 25.7 Å². The van der Waals surface area contributed by atoms with Gasteiger partial charge in [0, 0.05) is 12.8 Å². The molecule has 2 aromatic heterocycles. The summed E-state index contributed by atoms with van der Waals surface area (Å²) < 4.78 is 22.1. The number of imidazole rings is 1. The molecule has 1 aliphatic heterocycles. The highest BCUT2D eigenvalue weighted by Gasteiger charge is 2.46. The molecule has 2 aromatic rings. The number of aromatic nitrogens is 4. The van der Waals surface area contributed by atoms with Crippen LogP contribution in [0.1, 0.15) is 99.6 Å². The molecule has 1 unspecified atom stereocenters. The van der Waals surface area contributed by atoms with Gasteiger partial charge in [-0.2, -0.15) is 0 Å². The maximum atomic E-state index is 12.7. The number of rotatable bonds is 13. The van der Waals surface area contributed by atoms with Crippen molar-refractivity contribution in [3.63, 3.8) is 0 Å². The zero-order valence-electron chi connectivity index (χ0n) is 27.5. The van der Waals surface area contributed by atoms with Gasteiger partial charge < -0.3 is 18.9 Å². The lowest BCUT2D eigenvalue weighted by atomic mass is 10.1. The molecule has 1 aliphatic rings. The van der Waals surface area contributed by atoms with E-state index in [0.29, 0.717) is 30.0 Å². The van der Waals surface area contributed by atoms with E-state index in [1.54, 1.807) is 6.33 Å². The number of nitrogens with one attached hydrogen (secondary N) is 1. The second-order valence-electron chi connectivity index (χ2n) is 14.6. The summed E-state index contributed by atoms with van der Waals surface area (Å²) in [5.74, 6) is 0.389. The number of hydrogen-bond acceptors (Lipinski definition) is 7. The van der Waals surface area contributed by atoms with Crippen molar-refractivity contribution in [1.82, 2.24) is 19.5 Å². The van der Waals surface area contributed by atoms with Crippen molar-refractivity contribution >= 4 is 39.5 Å². The molecule has 0 aliphatic carbocycles. The quantitative estimate of drug-likeness (QED) is 0.183. The summed E-state index contributed by atoms with van der Waals surface area (Å²) in [5.41, 5.74) is 1.18. The van der Waals surface area contributed by atoms with Gasteiger partial charge in [0.25, 0.3) is 0 Å². The van der Waals surface area contributed by atoms with Gasteiger partial charge in [-0.05, 0) is 42.7 Å². The van der Waals surface area contributed by atoms with Crippen LogP contribution in [0.3, 0.4) is 0 Å². The molecule has 9 nitrogen and oxygen atoms in total. The first-order valence-corrected chi connectivity index (χ1v) is 21.2. The maximum Gasteiger partial charge on any atom is 0.225 e. The van der Waals surface area contributed by atoms with Crippen molar-refractivity contribution < 1.29 is 18.4 Å². The Balaban J connectivity index is 1.83. The zero-order valence-corrected chi connectivity index (χ0v) is 29.5. The van der Waals surface area contributed by atoms with Crippen LogP contribution in [-0.2, 0) is 18.4 Å². The molecular formula is C30H55N5O4Si2. The van der Waals surface area contributed by atoms with Crippen LogP contribution in [0.4, 0.5) is 5.82 Å². The third-order valence-corrected chi connectivity index (χ3v) is 18.2.